The van der Waals surface area contributed by atoms with Crippen LogP contribution in [0.5, 0.6) is 0 Å². The Morgan fingerprint density at radius 1 is 1.17 bits per heavy atom. The van der Waals surface area contributed by atoms with Gasteiger partial charge < -0.3 is 36.3 Å². The molecule has 12 heteroatoms. The van der Waals surface area contributed by atoms with Crippen LogP contribution in [0.4, 0.5) is 5.69 Å². The highest BCUT2D eigenvalue weighted by Gasteiger charge is 2.28. The lowest BCUT2D eigenvalue weighted by atomic mass is 10.0. The molecule has 0 aromatic heterocycles. The molecule has 2 heterocycles. The van der Waals surface area contributed by atoms with Crippen molar-refractivity contribution < 1.29 is 33.8 Å². The Hall–Kier alpha value is -4.00. The maximum absolute atomic E-state index is 12.1. The van der Waals surface area contributed by atoms with Crippen molar-refractivity contribution in [2.45, 2.75) is 64.1 Å². The second-order valence-electron chi connectivity index (χ2n) is 9.56. The fourth-order valence-electron chi connectivity index (χ4n) is 3.73. The number of hydrogen-bond acceptors (Lipinski definition) is 8. The summed E-state index contributed by atoms with van der Waals surface area (Å²) in [5.74, 6) is -1.75. The van der Waals surface area contributed by atoms with Crippen LogP contribution in [-0.2, 0) is 35.1 Å². The monoisotopic (exact) mass is 571 g/mol. The van der Waals surface area contributed by atoms with E-state index in [0.717, 1.165) is 6.61 Å². The molecule has 0 radical (unpaired) electrons. The molecule has 7 N–H and O–H groups in total. The van der Waals surface area contributed by atoms with E-state index < -0.39 is 24.0 Å². The van der Waals surface area contributed by atoms with E-state index in [-0.39, 0.29) is 44.4 Å². The molecule has 1 aromatic rings. The van der Waals surface area contributed by atoms with Crippen LogP contribution in [0.15, 0.2) is 60.5 Å². The molecule has 3 rings (SSSR count). The molecule has 3 amide bonds. The SMILES string of the molecule is C=C/C=C(\C)C1CO1.CC/C=C(/N)NC(=O)CCCC(=O)Nc1ccc(CC(NC(=O)C2COCN2)C(=O)O)cc1. The fourth-order valence-corrected chi connectivity index (χ4v) is 3.73. The van der Waals surface area contributed by atoms with E-state index in [4.69, 9.17) is 15.2 Å². The van der Waals surface area contributed by atoms with Crippen molar-refractivity contribution in [3.05, 3.63) is 66.0 Å². The first kappa shape index (κ1) is 33.2. The van der Waals surface area contributed by atoms with E-state index in [1.165, 1.54) is 5.57 Å². The molecule has 3 unspecified atom stereocenters. The molecule has 2 aliphatic rings. The minimum atomic E-state index is -1.14. The second kappa shape index (κ2) is 17.6. The van der Waals surface area contributed by atoms with E-state index in [1.807, 2.05) is 13.0 Å². The number of carbonyl (C=O) groups is 4. The van der Waals surface area contributed by atoms with Crippen LogP contribution in [0, 0.1) is 0 Å². The minimum Gasteiger partial charge on any atom is -0.480 e. The lowest BCUT2D eigenvalue weighted by molar-refractivity contribution is -0.142. The van der Waals surface area contributed by atoms with Crippen molar-refractivity contribution in [3.8, 4) is 0 Å². The highest BCUT2D eigenvalue weighted by molar-refractivity contribution is 5.91. The maximum Gasteiger partial charge on any atom is 0.326 e. The minimum absolute atomic E-state index is 0.0909. The van der Waals surface area contributed by atoms with Gasteiger partial charge in [-0.25, -0.2) is 4.79 Å². The number of carbonyl (C=O) groups excluding carboxylic acids is 3. The van der Waals surface area contributed by atoms with Gasteiger partial charge in [-0.1, -0.05) is 37.8 Å². The van der Waals surface area contributed by atoms with Crippen LogP contribution in [0.25, 0.3) is 0 Å². The van der Waals surface area contributed by atoms with Crippen molar-refractivity contribution in [3.63, 3.8) is 0 Å². The van der Waals surface area contributed by atoms with Crippen LogP contribution in [-0.4, -0.2) is 66.9 Å². The van der Waals surface area contributed by atoms with Gasteiger partial charge in [-0.3, -0.25) is 19.7 Å². The molecule has 0 saturated carbocycles. The average molecular weight is 572 g/mol. The van der Waals surface area contributed by atoms with E-state index in [9.17, 15) is 24.3 Å². The molecular formula is C29H41N5O7. The Kier molecular flexibility index (Phi) is 14.3. The number of aliphatic carboxylic acids is 1. The molecule has 3 atom stereocenters. The van der Waals surface area contributed by atoms with Crippen molar-refractivity contribution in [1.82, 2.24) is 16.0 Å². The van der Waals surface area contributed by atoms with Crippen molar-refractivity contribution in [2.75, 3.05) is 25.3 Å². The molecule has 41 heavy (non-hydrogen) atoms. The van der Waals surface area contributed by atoms with Gasteiger partial charge in [0, 0.05) is 24.9 Å². The third-order valence-corrected chi connectivity index (χ3v) is 6.06. The lowest BCUT2D eigenvalue weighted by Gasteiger charge is -2.17. The zero-order valence-corrected chi connectivity index (χ0v) is 23.6. The Balaban J connectivity index is 0.000000629. The summed E-state index contributed by atoms with van der Waals surface area (Å²) in [5, 5.41) is 20.1. The van der Waals surface area contributed by atoms with Gasteiger partial charge in [0.1, 0.15) is 18.2 Å². The van der Waals surface area contributed by atoms with E-state index in [2.05, 4.69) is 34.8 Å². The Bertz CT molecular complexity index is 1110. The van der Waals surface area contributed by atoms with Crippen LogP contribution in [0.2, 0.25) is 0 Å². The average Bonchev–Trinajstić information content (AvgIpc) is 3.63. The topological polar surface area (TPSA) is 184 Å². The molecular weight excluding hydrogens is 530 g/mol. The number of nitrogens with two attached hydrogens (primary N) is 1. The van der Waals surface area contributed by atoms with E-state index >= 15 is 0 Å². The number of carboxylic acid groups (broad SMARTS) is 1. The first-order chi connectivity index (χ1) is 19.6. The molecule has 1 aromatic carbocycles. The van der Waals surface area contributed by atoms with Gasteiger partial charge in [0.15, 0.2) is 0 Å². The van der Waals surface area contributed by atoms with E-state index in [1.54, 1.807) is 36.4 Å². The first-order valence-corrected chi connectivity index (χ1v) is 13.5. The third-order valence-electron chi connectivity index (χ3n) is 6.06. The van der Waals surface area contributed by atoms with Crippen molar-refractivity contribution >= 4 is 29.4 Å². The van der Waals surface area contributed by atoms with Crippen molar-refractivity contribution in [2.24, 2.45) is 5.73 Å². The number of allylic oxidation sites excluding steroid dienone is 3. The number of hydrogen-bond donors (Lipinski definition) is 6. The Labute approximate surface area is 240 Å². The normalized spacial score (nSPS) is 18.8. The summed E-state index contributed by atoms with van der Waals surface area (Å²) in [6, 6.07) is 5.02. The highest BCUT2D eigenvalue weighted by atomic mass is 16.6. The summed E-state index contributed by atoms with van der Waals surface area (Å²) >= 11 is 0. The van der Waals surface area contributed by atoms with Gasteiger partial charge in [-0.15, -0.1) is 0 Å². The number of amides is 3. The molecule has 12 nitrogen and oxygen atoms in total. The van der Waals surface area contributed by atoms with Gasteiger partial charge in [-0.05, 0) is 49.1 Å². The highest BCUT2D eigenvalue weighted by Crippen LogP contribution is 2.18. The summed E-state index contributed by atoms with van der Waals surface area (Å²) in [5.41, 5.74) is 8.13. The summed E-state index contributed by atoms with van der Waals surface area (Å²) in [6.07, 6.45) is 7.40. The zero-order valence-electron chi connectivity index (χ0n) is 23.6. The predicted molar refractivity (Wildman–Crippen MR) is 154 cm³/mol. The smallest absolute Gasteiger partial charge is 0.326 e. The molecule has 0 aliphatic carbocycles. The summed E-state index contributed by atoms with van der Waals surface area (Å²) in [7, 11) is 0. The number of nitrogens with one attached hydrogen (secondary N) is 4. The molecule has 2 saturated heterocycles. The van der Waals surface area contributed by atoms with Crippen LogP contribution in [0.3, 0.4) is 0 Å². The number of ether oxygens (including phenoxy) is 2. The number of carboxylic acids is 1. The maximum atomic E-state index is 12.1. The lowest BCUT2D eigenvalue weighted by Crippen LogP contribution is -2.50. The fraction of sp³-hybridized carbons (Fsp3) is 0.448. The number of epoxide rings is 1. The largest absolute Gasteiger partial charge is 0.480 e. The molecule has 0 spiro atoms. The molecule has 2 fully saturated rings. The van der Waals surface area contributed by atoms with E-state index in [0.29, 0.717) is 36.0 Å². The van der Waals surface area contributed by atoms with Gasteiger partial charge in [0.05, 0.1) is 25.8 Å². The summed E-state index contributed by atoms with van der Waals surface area (Å²) in [4.78, 5) is 47.5. The van der Waals surface area contributed by atoms with Crippen LogP contribution >= 0.6 is 0 Å². The summed E-state index contributed by atoms with van der Waals surface area (Å²) < 4.78 is 10.1. The van der Waals surface area contributed by atoms with Gasteiger partial charge in [0.2, 0.25) is 17.7 Å². The predicted octanol–water partition coefficient (Wildman–Crippen LogP) is 1.70. The first-order valence-electron chi connectivity index (χ1n) is 13.5. The van der Waals surface area contributed by atoms with Crippen molar-refractivity contribution in [1.29, 1.82) is 0 Å². The number of benzene rings is 1. The van der Waals surface area contributed by atoms with Gasteiger partial charge in [-0.2, -0.15) is 0 Å². The van der Waals surface area contributed by atoms with Crippen LogP contribution in [0.1, 0.15) is 45.1 Å². The standard InChI is InChI=1S/C22H31N5O6.C7H10O/c1-2-4-18(23)27-20(29)6-3-5-19(28)25-15-9-7-14(8-10-15)11-16(22(31)32)26-21(30)17-12-33-13-24-17;1-3-4-6(2)7-5-8-7/h4,7-10,16-17,24H,2-3,5-6,11-13,23H2,1H3,(H,25,28)(H,26,30)(H,27,29)(H,31,32);3-4,7H,1,5H2,2H3/b18-4-;6-4+. The van der Waals surface area contributed by atoms with Gasteiger partial charge in [0.25, 0.3) is 0 Å². The number of rotatable bonds is 14. The summed E-state index contributed by atoms with van der Waals surface area (Å²) in [6.45, 7) is 8.89. The number of anilines is 1. The van der Waals surface area contributed by atoms with Crippen LogP contribution < -0.4 is 27.0 Å². The second-order valence-corrected chi connectivity index (χ2v) is 9.56. The molecule has 0 bridgehead atoms. The molecule has 224 valence electrons. The third kappa shape index (κ3) is 13.3. The molecule has 2 aliphatic heterocycles. The Morgan fingerprint density at radius 2 is 1.85 bits per heavy atom. The quantitative estimate of drug-likeness (QED) is 0.143. The van der Waals surface area contributed by atoms with Gasteiger partial charge >= 0.3 is 5.97 Å². The zero-order chi connectivity index (χ0) is 30.2. The Morgan fingerprint density at radius 3 is 2.41 bits per heavy atom.